The van der Waals surface area contributed by atoms with Crippen molar-refractivity contribution in [1.29, 1.82) is 0 Å². The van der Waals surface area contributed by atoms with Crippen LogP contribution in [0.2, 0.25) is 0 Å². The van der Waals surface area contributed by atoms with Crippen molar-refractivity contribution in [3.63, 3.8) is 0 Å². The molecule has 2 aliphatic heterocycles. The summed E-state index contributed by atoms with van der Waals surface area (Å²) in [5, 5.41) is 8.24. The van der Waals surface area contributed by atoms with Crippen LogP contribution in [0.5, 0.6) is 0 Å². The van der Waals surface area contributed by atoms with Crippen molar-refractivity contribution in [2.45, 2.75) is 31.6 Å². The van der Waals surface area contributed by atoms with E-state index in [0.29, 0.717) is 12.6 Å². The predicted octanol–water partition coefficient (Wildman–Crippen LogP) is 1.67. The Kier molecular flexibility index (Phi) is 3.45. The number of hydrogen-bond acceptors (Lipinski definition) is 4. The van der Waals surface area contributed by atoms with Gasteiger partial charge in [-0.15, -0.1) is 5.10 Å². The molecule has 3 heterocycles. The van der Waals surface area contributed by atoms with E-state index in [9.17, 15) is 0 Å². The first-order valence-corrected chi connectivity index (χ1v) is 7.67. The van der Waals surface area contributed by atoms with Gasteiger partial charge in [-0.3, -0.25) is 0 Å². The molecule has 0 saturated carbocycles. The maximum Gasteiger partial charge on any atom is 0.0932 e. The molecule has 21 heavy (non-hydrogen) atoms. The standard InChI is InChI=1S/C16H20N4O/c1-2-4-13(5-3-1)6-8-19-9-7-15-16(11-19)21-12-14-10-17-18-20(14)15/h1-5,10,15-16H,6-9,11-12H2/t15-,16-/m0/s1. The van der Waals surface area contributed by atoms with E-state index < -0.39 is 0 Å². The van der Waals surface area contributed by atoms with Gasteiger partial charge in [0, 0.05) is 19.6 Å². The average Bonchev–Trinajstić information content (AvgIpc) is 3.02. The number of benzene rings is 1. The van der Waals surface area contributed by atoms with E-state index >= 15 is 0 Å². The highest BCUT2D eigenvalue weighted by molar-refractivity contribution is 5.15. The number of ether oxygens (including phenoxy) is 1. The molecule has 0 spiro atoms. The van der Waals surface area contributed by atoms with Gasteiger partial charge in [0.2, 0.25) is 0 Å². The molecule has 0 bridgehead atoms. The van der Waals surface area contributed by atoms with Crippen molar-refractivity contribution in [2.24, 2.45) is 0 Å². The van der Waals surface area contributed by atoms with Gasteiger partial charge in [-0.1, -0.05) is 35.5 Å². The van der Waals surface area contributed by atoms with Gasteiger partial charge in [0.15, 0.2) is 0 Å². The Hall–Kier alpha value is -1.72. The number of likely N-dealkylation sites (tertiary alicyclic amines) is 1. The SMILES string of the molecule is c1ccc(CCN2CC[C@H]3[C@H](C2)OCc2cnnn23)cc1. The van der Waals surface area contributed by atoms with Crippen LogP contribution < -0.4 is 0 Å². The summed E-state index contributed by atoms with van der Waals surface area (Å²) in [4.78, 5) is 2.51. The van der Waals surface area contributed by atoms with Crippen LogP contribution in [-0.2, 0) is 17.8 Å². The lowest BCUT2D eigenvalue weighted by molar-refractivity contribution is -0.0685. The van der Waals surface area contributed by atoms with Gasteiger partial charge >= 0.3 is 0 Å². The van der Waals surface area contributed by atoms with Crippen LogP contribution >= 0.6 is 0 Å². The zero-order valence-corrected chi connectivity index (χ0v) is 12.1. The van der Waals surface area contributed by atoms with Crippen LogP contribution in [0.4, 0.5) is 0 Å². The Morgan fingerprint density at radius 2 is 2.14 bits per heavy atom. The van der Waals surface area contributed by atoms with Gasteiger partial charge in [0.1, 0.15) is 0 Å². The van der Waals surface area contributed by atoms with Gasteiger partial charge in [-0.2, -0.15) is 0 Å². The second kappa shape index (κ2) is 5.58. The van der Waals surface area contributed by atoms with Crippen molar-refractivity contribution < 1.29 is 4.74 Å². The van der Waals surface area contributed by atoms with Crippen LogP contribution in [0.15, 0.2) is 36.5 Å². The lowest BCUT2D eigenvalue weighted by atomic mass is 9.99. The van der Waals surface area contributed by atoms with Gasteiger partial charge in [-0.05, 0) is 18.4 Å². The summed E-state index contributed by atoms with van der Waals surface area (Å²) in [6.07, 6.45) is 4.27. The summed E-state index contributed by atoms with van der Waals surface area (Å²) >= 11 is 0. The summed E-state index contributed by atoms with van der Waals surface area (Å²) in [7, 11) is 0. The third kappa shape index (κ3) is 2.59. The van der Waals surface area contributed by atoms with E-state index in [1.807, 2.05) is 6.20 Å². The molecule has 0 N–H and O–H groups in total. The highest BCUT2D eigenvalue weighted by Crippen LogP contribution is 2.30. The molecule has 0 amide bonds. The third-order valence-corrected chi connectivity index (χ3v) is 4.58. The molecule has 2 aliphatic rings. The van der Waals surface area contributed by atoms with Crippen molar-refractivity contribution >= 4 is 0 Å². The van der Waals surface area contributed by atoms with E-state index in [0.717, 1.165) is 38.2 Å². The molecular weight excluding hydrogens is 264 g/mol. The average molecular weight is 284 g/mol. The lowest BCUT2D eigenvalue weighted by Gasteiger charge is -2.41. The number of rotatable bonds is 3. The number of aromatic nitrogens is 3. The molecule has 2 atom stereocenters. The quantitative estimate of drug-likeness (QED) is 0.860. The van der Waals surface area contributed by atoms with Crippen LogP contribution in [0, 0.1) is 0 Å². The zero-order valence-electron chi connectivity index (χ0n) is 12.1. The smallest absolute Gasteiger partial charge is 0.0932 e. The maximum absolute atomic E-state index is 6.01. The fourth-order valence-electron chi connectivity index (χ4n) is 3.39. The Morgan fingerprint density at radius 3 is 3.05 bits per heavy atom. The Bertz CT molecular complexity index is 597. The summed E-state index contributed by atoms with van der Waals surface area (Å²) < 4.78 is 8.08. The summed E-state index contributed by atoms with van der Waals surface area (Å²) in [5.41, 5.74) is 2.51. The number of piperidine rings is 1. The second-order valence-electron chi connectivity index (χ2n) is 5.91. The molecule has 0 unspecified atom stereocenters. The van der Waals surface area contributed by atoms with Crippen molar-refractivity contribution in [1.82, 2.24) is 19.9 Å². The number of nitrogens with zero attached hydrogens (tertiary/aromatic N) is 4. The van der Waals surface area contributed by atoms with E-state index in [-0.39, 0.29) is 6.10 Å². The monoisotopic (exact) mass is 284 g/mol. The van der Waals surface area contributed by atoms with Crippen LogP contribution in [0.3, 0.4) is 0 Å². The van der Waals surface area contributed by atoms with Gasteiger partial charge in [0.05, 0.1) is 30.6 Å². The minimum absolute atomic E-state index is 0.253. The molecule has 1 fully saturated rings. The van der Waals surface area contributed by atoms with Crippen LogP contribution in [0.25, 0.3) is 0 Å². The first-order valence-electron chi connectivity index (χ1n) is 7.67. The minimum atomic E-state index is 0.253. The Balaban J connectivity index is 1.38. The van der Waals surface area contributed by atoms with Gasteiger partial charge < -0.3 is 9.64 Å². The molecule has 5 heteroatoms. The van der Waals surface area contributed by atoms with E-state index in [1.54, 1.807) is 0 Å². The lowest BCUT2D eigenvalue weighted by Crippen LogP contribution is -2.48. The number of fused-ring (bicyclic) bond motifs is 3. The molecule has 5 nitrogen and oxygen atoms in total. The highest BCUT2D eigenvalue weighted by atomic mass is 16.5. The first kappa shape index (κ1) is 13.0. The van der Waals surface area contributed by atoms with Crippen LogP contribution in [-0.4, -0.2) is 45.6 Å². The van der Waals surface area contributed by atoms with E-state index in [4.69, 9.17) is 4.74 Å². The molecular formula is C16H20N4O. The van der Waals surface area contributed by atoms with E-state index in [1.165, 1.54) is 5.56 Å². The predicted molar refractivity (Wildman–Crippen MR) is 78.8 cm³/mol. The van der Waals surface area contributed by atoms with Crippen LogP contribution in [0.1, 0.15) is 23.7 Å². The molecule has 4 rings (SSSR count). The summed E-state index contributed by atoms with van der Waals surface area (Å²) in [6, 6.07) is 11.1. The fraction of sp³-hybridized carbons (Fsp3) is 0.500. The van der Waals surface area contributed by atoms with Gasteiger partial charge in [-0.25, -0.2) is 4.68 Å². The maximum atomic E-state index is 6.01. The van der Waals surface area contributed by atoms with E-state index in [2.05, 4.69) is 50.2 Å². The van der Waals surface area contributed by atoms with Crippen molar-refractivity contribution in [3.8, 4) is 0 Å². The third-order valence-electron chi connectivity index (χ3n) is 4.58. The molecule has 1 saturated heterocycles. The normalized spacial score (nSPS) is 25.3. The first-order chi connectivity index (χ1) is 10.4. The van der Waals surface area contributed by atoms with Gasteiger partial charge in [0.25, 0.3) is 0 Å². The molecule has 2 aromatic rings. The topological polar surface area (TPSA) is 43.2 Å². The molecule has 110 valence electrons. The summed E-state index contributed by atoms with van der Waals surface area (Å²) in [6.45, 7) is 3.84. The molecule has 1 aromatic carbocycles. The zero-order chi connectivity index (χ0) is 14.1. The molecule has 0 radical (unpaired) electrons. The van der Waals surface area contributed by atoms with Crippen molar-refractivity contribution in [2.75, 3.05) is 19.6 Å². The molecule has 0 aliphatic carbocycles. The highest BCUT2D eigenvalue weighted by Gasteiger charge is 2.35. The minimum Gasteiger partial charge on any atom is -0.368 e. The second-order valence-corrected chi connectivity index (χ2v) is 5.91. The fourth-order valence-corrected chi connectivity index (χ4v) is 3.39. The van der Waals surface area contributed by atoms with Crippen molar-refractivity contribution in [3.05, 3.63) is 47.8 Å². The Morgan fingerprint density at radius 1 is 1.24 bits per heavy atom. The molecule has 1 aromatic heterocycles. The summed E-state index contributed by atoms with van der Waals surface area (Å²) in [5.74, 6) is 0. The Labute approximate surface area is 124 Å². The number of hydrogen-bond donors (Lipinski definition) is 0. The largest absolute Gasteiger partial charge is 0.368 e.